The van der Waals surface area contributed by atoms with Crippen LogP contribution in [0.3, 0.4) is 0 Å². The highest BCUT2D eigenvalue weighted by molar-refractivity contribution is 7.71. The van der Waals surface area contributed by atoms with Crippen molar-refractivity contribution in [2.24, 2.45) is 0 Å². The molecule has 1 aromatic heterocycles. The Morgan fingerprint density at radius 3 is 2.60 bits per heavy atom. The zero-order chi connectivity index (χ0) is 14.3. The summed E-state index contributed by atoms with van der Waals surface area (Å²) in [7, 11) is 0. The lowest BCUT2D eigenvalue weighted by molar-refractivity contribution is 0.503. The Labute approximate surface area is 117 Å². The zero-order valence-corrected chi connectivity index (χ0v) is 10.9. The van der Waals surface area contributed by atoms with E-state index in [2.05, 4.69) is 4.98 Å². The molecule has 100 valence electrons. The van der Waals surface area contributed by atoms with Crippen LogP contribution in [-0.4, -0.2) is 9.55 Å². The second-order valence-electron chi connectivity index (χ2n) is 4.19. The summed E-state index contributed by atoms with van der Waals surface area (Å²) in [6.07, 6.45) is 0. The van der Waals surface area contributed by atoms with Gasteiger partial charge in [-0.2, -0.15) is 0 Å². The van der Waals surface area contributed by atoms with Crippen LogP contribution in [0, 0.1) is 16.4 Å². The van der Waals surface area contributed by atoms with Crippen molar-refractivity contribution >= 4 is 23.1 Å². The van der Waals surface area contributed by atoms with Crippen molar-refractivity contribution in [3.05, 3.63) is 69.2 Å². The number of fused-ring (bicyclic) bond motifs is 1. The summed E-state index contributed by atoms with van der Waals surface area (Å²) in [5, 5.41) is 0.352. The van der Waals surface area contributed by atoms with Gasteiger partial charge in [-0.3, -0.25) is 4.79 Å². The van der Waals surface area contributed by atoms with E-state index in [1.165, 1.54) is 12.1 Å². The first-order valence-corrected chi connectivity index (χ1v) is 6.19. The molecular formula is C14H8F2N2OS. The molecule has 1 heterocycles. The molecule has 0 aliphatic heterocycles. The first-order chi connectivity index (χ1) is 9.59. The van der Waals surface area contributed by atoms with E-state index in [9.17, 15) is 13.6 Å². The lowest BCUT2D eigenvalue weighted by Crippen LogP contribution is -2.21. The Hall–Kier alpha value is -2.34. The fourth-order valence-electron chi connectivity index (χ4n) is 2.05. The van der Waals surface area contributed by atoms with E-state index in [-0.39, 0.29) is 10.5 Å². The largest absolute Gasteiger partial charge is 0.331 e. The van der Waals surface area contributed by atoms with Gasteiger partial charge < -0.3 is 4.98 Å². The minimum atomic E-state index is -1.11. The monoisotopic (exact) mass is 290 g/mol. The molecule has 20 heavy (non-hydrogen) atoms. The Kier molecular flexibility index (Phi) is 2.94. The fourth-order valence-corrected chi connectivity index (χ4v) is 2.34. The maximum absolute atomic E-state index is 13.9. The molecule has 3 aromatic rings. The maximum atomic E-state index is 13.9. The molecule has 0 radical (unpaired) electrons. The summed E-state index contributed by atoms with van der Waals surface area (Å²) in [6, 6.07) is 10.3. The molecular weight excluding hydrogens is 282 g/mol. The Morgan fingerprint density at radius 1 is 1.05 bits per heavy atom. The molecule has 6 heteroatoms. The average Bonchev–Trinajstić information content (AvgIpc) is 2.43. The number of para-hydroxylation sites is 1. The number of hydrogen-bond donors (Lipinski definition) is 1. The van der Waals surface area contributed by atoms with E-state index < -0.39 is 17.2 Å². The van der Waals surface area contributed by atoms with Crippen LogP contribution < -0.4 is 5.56 Å². The predicted molar refractivity (Wildman–Crippen MR) is 74.6 cm³/mol. The Bertz CT molecular complexity index is 930. The molecule has 1 N–H and O–H groups in total. The van der Waals surface area contributed by atoms with Gasteiger partial charge in [0.2, 0.25) is 0 Å². The van der Waals surface area contributed by atoms with E-state index in [0.717, 1.165) is 10.6 Å². The van der Waals surface area contributed by atoms with Crippen molar-refractivity contribution in [1.29, 1.82) is 0 Å². The third-order valence-electron chi connectivity index (χ3n) is 2.98. The van der Waals surface area contributed by atoms with Crippen LogP contribution in [0.1, 0.15) is 0 Å². The van der Waals surface area contributed by atoms with Gasteiger partial charge in [0.25, 0.3) is 5.56 Å². The number of aromatic amines is 1. The summed E-state index contributed by atoms with van der Waals surface area (Å²) in [4.78, 5) is 15.2. The van der Waals surface area contributed by atoms with Crippen molar-refractivity contribution in [2.45, 2.75) is 0 Å². The Balaban J connectivity index is 2.46. The van der Waals surface area contributed by atoms with Crippen LogP contribution in [0.4, 0.5) is 8.78 Å². The highest BCUT2D eigenvalue weighted by Crippen LogP contribution is 2.16. The molecule has 2 aromatic carbocycles. The van der Waals surface area contributed by atoms with Gasteiger partial charge in [-0.15, -0.1) is 0 Å². The molecule has 0 aliphatic carbocycles. The summed E-state index contributed by atoms with van der Waals surface area (Å²) < 4.78 is 28.1. The standard InChI is InChI=1S/C14H8F2N2OS/c15-9-5-3-7-11(12(9)16)18-13(19)8-4-1-2-6-10(8)17-14(18)20/h1-7H,(H,17,20). The second-order valence-corrected chi connectivity index (χ2v) is 4.58. The van der Waals surface area contributed by atoms with Crippen molar-refractivity contribution in [3.8, 4) is 5.69 Å². The van der Waals surface area contributed by atoms with Gasteiger partial charge in [-0.05, 0) is 36.5 Å². The number of halogens is 2. The number of aromatic nitrogens is 2. The van der Waals surface area contributed by atoms with E-state index in [1.54, 1.807) is 24.3 Å². The van der Waals surface area contributed by atoms with Crippen LogP contribution in [0.25, 0.3) is 16.6 Å². The number of nitrogens with zero attached hydrogens (tertiary/aromatic N) is 1. The molecule has 0 saturated carbocycles. The number of rotatable bonds is 1. The van der Waals surface area contributed by atoms with E-state index >= 15 is 0 Å². The fraction of sp³-hybridized carbons (Fsp3) is 0. The third kappa shape index (κ3) is 1.85. The van der Waals surface area contributed by atoms with Gasteiger partial charge in [-0.1, -0.05) is 18.2 Å². The number of hydrogen-bond acceptors (Lipinski definition) is 2. The summed E-state index contributed by atoms with van der Waals surface area (Å²) in [5.41, 5.74) is -0.147. The van der Waals surface area contributed by atoms with Gasteiger partial charge in [-0.25, -0.2) is 13.3 Å². The normalized spacial score (nSPS) is 10.9. The predicted octanol–water partition coefficient (Wildman–Crippen LogP) is 3.33. The zero-order valence-electron chi connectivity index (χ0n) is 10.1. The minimum absolute atomic E-state index is 0.0122. The average molecular weight is 290 g/mol. The van der Waals surface area contributed by atoms with Crippen LogP contribution in [0.5, 0.6) is 0 Å². The van der Waals surface area contributed by atoms with Gasteiger partial charge in [0.05, 0.1) is 16.6 Å². The summed E-state index contributed by atoms with van der Waals surface area (Å²) in [5.74, 6) is -2.14. The SMILES string of the molecule is O=c1c2ccccc2[nH]c(=S)n1-c1cccc(F)c1F. The van der Waals surface area contributed by atoms with Crippen LogP contribution in [-0.2, 0) is 0 Å². The molecule has 0 unspecified atom stereocenters. The van der Waals surface area contributed by atoms with Crippen LogP contribution in [0.2, 0.25) is 0 Å². The van der Waals surface area contributed by atoms with Crippen molar-refractivity contribution in [2.75, 3.05) is 0 Å². The third-order valence-corrected chi connectivity index (χ3v) is 3.26. The molecule has 3 rings (SSSR count). The lowest BCUT2D eigenvalue weighted by atomic mass is 10.2. The molecule has 0 aliphatic rings. The molecule has 3 nitrogen and oxygen atoms in total. The Morgan fingerprint density at radius 2 is 1.80 bits per heavy atom. The van der Waals surface area contributed by atoms with E-state index in [0.29, 0.717) is 10.9 Å². The maximum Gasteiger partial charge on any atom is 0.266 e. The molecule has 0 spiro atoms. The molecule has 0 fully saturated rings. The van der Waals surface area contributed by atoms with Gasteiger partial charge in [0.15, 0.2) is 16.4 Å². The quantitative estimate of drug-likeness (QED) is 0.698. The second kappa shape index (κ2) is 4.64. The first-order valence-electron chi connectivity index (χ1n) is 5.78. The number of nitrogens with one attached hydrogen (secondary N) is 1. The number of H-pyrrole nitrogens is 1. The van der Waals surface area contributed by atoms with Gasteiger partial charge in [0.1, 0.15) is 0 Å². The molecule has 0 bridgehead atoms. The van der Waals surface area contributed by atoms with Crippen molar-refractivity contribution < 1.29 is 8.78 Å². The highest BCUT2D eigenvalue weighted by Gasteiger charge is 2.13. The van der Waals surface area contributed by atoms with Gasteiger partial charge in [0, 0.05) is 0 Å². The summed E-state index contributed by atoms with van der Waals surface area (Å²) >= 11 is 5.07. The lowest BCUT2D eigenvalue weighted by Gasteiger charge is -2.09. The smallest absolute Gasteiger partial charge is 0.266 e. The van der Waals surface area contributed by atoms with Gasteiger partial charge >= 0.3 is 0 Å². The minimum Gasteiger partial charge on any atom is -0.331 e. The molecule has 0 atom stereocenters. The molecule has 0 saturated heterocycles. The van der Waals surface area contributed by atoms with E-state index in [1.807, 2.05) is 0 Å². The van der Waals surface area contributed by atoms with E-state index in [4.69, 9.17) is 12.2 Å². The van der Waals surface area contributed by atoms with Crippen molar-refractivity contribution in [3.63, 3.8) is 0 Å². The van der Waals surface area contributed by atoms with Crippen LogP contribution in [0.15, 0.2) is 47.3 Å². The van der Waals surface area contributed by atoms with Crippen molar-refractivity contribution in [1.82, 2.24) is 9.55 Å². The molecule has 0 amide bonds. The first kappa shape index (κ1) is 12.7. The van der Waals surface area contributed by atoms with Crippen LogP contribution >= 0.6 is 12.2 Å². The highest BCUT2D eigenvalue weighted by atomic mass is 32.1. The number of benzene rings is 2. The summed E-state index contributed by atoms with van der Waals surface area (Å²) in [6.45, 7) is 0. The topological polar surface area (TPSA) is 37.8 Å².